The molecule has 0 fully saturated rings. The lowest BCUT2D eigenvalue weighted by molar-refractivity contribution is 1.02. The van der Waals surface area contributed by atoms with Gasteiger partial charge in [0.25, 0.3) is 0 Å². The molecular weight excluding hydrogens is 316 g/mol. The molecule has 0 radical (unpaired) electrons. The molecule has 4 aromatic rings. The van der Waals surface area contributed by atoms with E-state index < -0.39 is 0 Å². The molecule has 5 heteroatoms. The standard InChI is InChI=1S/C19H18N4S/c1-12-6-4-7-15(10-12)21-18-17(16-8-5-9-24-16)22-19-20-13(2)11-14(3)23(18)19/h4-11,21H,1-3H3. The van der Waals surface area contributed by atoms with Crippen molar-refractivity contribution >= 4 is 28.6 Å². The number of aromatic nitrogens is 3. The summed E-state index contributed by atoms with van der Waals surface area (Å²) in [4.78, 5) is 10.5. The molecule has 0 aliphatic heterocycles. The summed E-state index contributed by atoms with van der Waals surface area (Å²) in [6.45, 7) is 6.18. The molecule has 4 rings (SSSR count). The predicted molar refractivity (Wildman–Crippen MR) is 100 cm³/mol. The fourth-order valence-electron chi connectivity index (χ4n) is 2.93. The number of hydrogen-bond donors (Lipinski definition) is 1. The minimum absolute atomic E-state index is 0.728. The highest BCUT2D eigenvalue weighted by atomic mass is 32.1. The van der Waals surface area contributed by atoms with Crippen molar-refractivity contribution in [3.63, 3.8) is 0 Å². The van der Waals surface area contributed by atoms with Crippen LogP contribution in [0.2, 0.25) is 0 Å². The monoisotopic (exact) mass is 334 g/mol. The third-order valence-electron chi connectivity index (χ3n) is 3.94. The van der Waals surface area contributed by atoms with E-state index in [0.29, 0.717) is 0 Å². The van der Waals surface area contributed by atoms with E-state index in [9.17, 15) is 0 Å². The van der Waals surface area contributed by atoms with Crippen molar-refractivity contribution in [1.82, 2.24) is 14.4 Å². The SMILES string of the molecule is Cc1cccc(Nc2c(-c3cccs3)nc3nc(C)cc(C)n23)c1. The van der Waals surface area contributed by atoms with Crippen molar-refractivity contribution in [1.29, 1.82) is 0 Å². The molecule has 120 valence electrons. The fourth-order valence-corrected chi connectivity index (χ4v) is 3.65. The Hall–Kier alpha value is -2.66. The molecule has 3 heterocycles. The van der Waals surface area contributed by atoms with Gasteiger partial charge >= 0.3 is 0 Å². The molecule has 0 saturated carbocycles. The van der Waals surface area contributed by atoms with Gasteiger partial charge in [0.2, 0.25) is 5.78 Å². The van der Waals surface area contributed by atoms with Crippen molar-refractivity contribution in [3.05, 3.63) is 64.8 Å². The average molecular weight is 334 g/mol. The third kappa shape index (κ3) is 2.57. The first kappa shape index (κ1) is 14.9. The zero-order chi connectivity index (χ0) is 16.7. The molecule has 0 aliphatic rings. The van der Waals surface area contributed by atoms with Crippen LogP contribution in [-0.4, -0.2) is 14.4 Å². The Morgan fingerprint density at radius 2 is 1.88 bits per heavy atom. The summed E-state index contributed by atoms with van der Waals surface area (Å²) < 4.78 is 2.09. The Balaban J connectivity index is 1.95. The molecule has 4 nitrogen and oxygen atoms in total. The van der Waals surface area contributed by atoms with Gasteiger partial charge in [0.15, 0.2) is 0 Å². The van der Waals surface area contributed by atoms with Crippen LogP contribution in [0.1, 0.15) is 17.0 Å². The van der Waals surface area contributed by atoms with Crippen LogP contribution in [0.25, 0.3) is 16.3 Å². The first-order valence-corrected chi connectivity index (χ1v) is 8.74. The Kier molecular flexibility index (Phi) is 3.58. The second-order valence-electron chi connectivity index (χ2n) is 5.96. The second-order valence-corrected chi connectivity index (χ2v) is 6.90. The van der Waals surface area contributed by atoms with Crippen LogP contribution in [0, 0.1) is 20.8 Å². The van der Waals surface area contributed by atoms with Crippen molar-refractivity contribution in [2.45, 2.75) is 20.8 Å². The molecule has 0 unspecified atom stereocenters. The van der Waals surface area contributed by atoms with Gasteiger partial charge in [-0.15, -0.1) is 11.3 Å². The number of imidazole rings is 1. The number of thiophene rings is 1. The minimum Gasteiger partial charge on any atom is -0.339 e. The Morgan fingerprint density at radius 3 is 2.62 bits per heavy atom. The quantitative estimate of drug-likeness (QED) is 0.565. The molecule has 0 saturated heterocycles. The third-order valence-corrected chi connectivity index (χ3v) is 4.82. The zero-order valence-electron chi connectivity index (χ0n) is 13.9. The van der Waals surface area contributed by atoms with E-state index in [4.69, 9.17) is 4.98 Å². The summed E-state index contributed by atoms with van der Waals surface area (Å²) in [5, 5.41) is 5.62. The zero-order valence-corrected chi connectivity index (χ0v) is 14.7. The van der Waals surface area contributed by atoms with Gasteiger partial charge in [-0.25, -0.2) is 9.97 Å². The normalized spacial score (nSPS) is 11.1. The summed E-state index contributed by atoms with van der Waals surface area (Å²) >= 11 is 1.69. The summed E-state index contributed by atoms with van der Waals surface area (Å²) in [5.41, 5.74) is 5.30. The van der Waals surface area contributed by atoms with Gasteiger partial charge in [-0.3, -0.25) is 4.40 Å². The van der Waals surface area contributed by atoms with Crippen LogP contribution in [-0.2, 0) is 0 Å². The molecule has 3 aromatic heterocycles. The van der Waals surface area contributed by atoms with Crippen LogP contribution < -0.4 is 5.32 Å². The van der Waals surface area contributed by atoms with Crippen LogP contribution in [0.15, 0.2) is 47.8 Å². The largest absolute Gasteiger partial charge is 0.339 e. The fraction of sp³-hybridized carbons (Fsp3) is 0.158. The number of nitrogens with zero attached hydrogens (tertiary/aromatic N) is 3. The Morgan fingerprint density at radius 1 is 1.00 bits per heavy atom. The number of aryl methyl sites for hydroxylation is 3. The van der Waals surface area contributed by atoms with Gasteiger partial charge in [0, 0.05) is 17.1 Å². The maximum Gasteiger partial charge on any atom is 0.236 e. The van der Waals surface area contributed by atoms with Crippen molar-refractivity contribution in [2.24, 2.45) is 0 Å². The molecule has 0 amide bonds. The highest BCUT2D eigenvalue weighted by molar-refractivity contribution is 7.13. The highest BCUT2D eigenvalue weighted by Crippen LogP contribution is 2.34. The van der Waals surface area contributed by atoms with E-state index in [2.05, 4.69) is 70.3 Å². The Labute approximate surface area is 144 Å². The maximum atomic E-state index is 4.80. The van der Waals surface area contributed by atoms with Crippen LogP contribution in [0.4, 0.5) is 11.5 Å². The van der Waals surface area contributed by atoms with Gasteiger partial charge < -0.3 is 5.32 Å². The average Bonchev–Trinajstić information content (AvgIpc) is 3.15. The molecule has 0 bridgehead atoms. The first-order valence-electron chi connectivity index (χ1n) is 7.86. The lowest BCUT2D eigenvalue weighted by Crippen LogP contribution is -2.01. The van der Waals surface area contributed by atoms with Crippen LogP contribution >= 0.6 is 11.3 Å². The van der Waals surface area contributed by atoms with Crippen molar-refractivity contribution in [3.8, 4) is 10.6 Å². The second kappa shape index (κ2) is 5.76. The maximum absolute atomic E-state index is 4.80. The first-order chi connectivity index (χ1) is 11.6. The van der Waals surface area contributed by atoms with Gasteiger partial charge in [-0.2, -0.15) is 0 Å². The molecule has 1 aromatic carbocycles. The van der Waals surface area contributed by atoms with E-state index in [0.717, 1.165) is 39.2 Å². The number of nitrogens with one attached hydrogen (secondary N) is 1. The summed E-state index contributed by atoms with van der Waals surface area (Å²) in [6, 6.07) is 14.6. The summed E-state index contributed by atoms with van der Waals surface area (Å²) in [7, 11) is 0. The van der Waals surface area contributed by atoms with E-state index >= 15 is 0 Å². The molecule has 0 atom stereocenters. The van der Waals surface area contributed by atoms with Gasteiger partial charge in [0.1, 0.15) is 11.5 Å². The minimum atomic E-state index is 0.728. The molecular formula is C19H18N4S. The number of anilines is 2. The molecule has 24 heavy (non-hydrogen) atoms. The van der Waals surface area contributed by atoms with Crippen molar-refractivity contribution < 1.29 is 0 Å². The highest BCUT2D eigenvalue weighted by Gasteiger charge is 2.17. The molecule has 0 spiro atoms. The summed E-state index contributed by atoms with van der Waals surface area (Å²) in [6.07, 6.45) is 0. The van der Waals surface area contributed by atoms with Crippen LogP contribution in [0.3, 0.4) is 0 Å². The van der Waals surface area contributed by atoms with E-state index in [1.807, 2.05) is 13.0 Å². The van der Waals surface area contributed by atoms with Gasteiger partial charge in [0.05, 0.1) is 4.88 Å². The molecule has 1 N–H and O–H groups in total. The topological polar surface area (TPSA) is 42.2 Å². The van der Waals surface area contributed by atoms with E-state index in [1.165, 1.54) is 5.56 Å². The van der Waals surface area contributed by atoms with Gasteiger partial charge in [-0.05, 0) is 56.0 Å². The number of rotatable bonds is 3. The van der Waals surface area contributed by atoms with E-state index in [1.54, 1.807) is 11.3 Å². The molecule has 0 aliphatic carbocycles. The number of fused-ring (bicyclic) bond motifs is 1. The predicted octanol–water partition coefficient (Wildman–Crippen LogP) is 5.13. The van der Waals surface area contributed by atoms with Crippen molar-refractivity contribution in [2.75, 3.05) is 5.32 Å². The lowest BCUT2D eigenvalue weighted by Gasteiger charge is -2.10. The smallest absolute Gasteiger partial charge is 0.236 e. The lowest BCUT2D eigenvalue weighted by atomic mass is 10.2. The van der Waals surface area contributed by atoms with E-state index in [-0.39, 0.29) is 0 Å². The Bertz CT molecular complexity index is 1020. The number of benzene rings is 1. The number of hydrogen-bond acceptors (Lipinski definition) is 4. The van der Waals surface area contributed by atoms with Crippen LogP contribution in [0.5, 0.6) is 0 Å². The summed E-state index contributed by atoms with van der Waals surface area (Å²) in [5.74, 6) is 1.69. The van der Waals surface area contributed by atoms with Gasteiger partial charge in [-0.1, -0.05) is 18.2 Å².